The van der Waals surface area contributed by atoms with Gasteiger partial charge in [-0.25, -0.2) is 0 Å². The molecule has 0 spiro atoms. The standard InChI is InChI=1S/C17H14Cl3N3O3/c18-11-7-10(8-12(19)9-11)17(26)23-22-16(25)6-5-15(24)21-14-4-2-1-3-13(14)20/h1-4,7-9H,5-6H2,(H,21,24)(H,22,25)(H,23,26). The molecule has 0 saturated carbocycles. The molecule has 9 heteroatoms. The zero-order valence-electron chi connectivity index (χ0n) is 13.3. The van der Waals surface area contributed by atoms with Crippen LogP contribution in [0.4, 0.5) is 5.69 Å². The minimum atomic E-state index is -0.580. The van der Waals surface area contributed by atoms with E-state index in [4.69, 9.17) is 34.8 Å². The van der Waals surface area contributed by atoms with Crippen LogP contribution < -0.4 is 16.2 Å². The molecule has 0 bridgehead atoms. The Kier molecular flexibility index (Phi) is 7.26. The fraction of sp³-hybridized carbons (Fsp3) is 0.118. The molecule has 3 amide bonds. The third-order valence-corrected chi connectivity index (χ3v) is 3.93. The van der Waals surface area contributed by atoms with Gasteiger partial charge in [-0.15, -0.1) is 0 Å². The number of carbonyl (C=O) groups is 3. The molecule has 0 saturated heterocycles. The first-order valence-corrected chi connectivity index (χ1v) is 8.58. The summed E-state index contributed by atoms with van der Waals surface area (Å²) in [6.45, 7) is 0. The van der Waals surface area contributed by atoms with Crippen LogP contribution in [0, 0.1) is 0 Å². The normalized spacial score (nSPS) is 10.1. The molecule has 26 heavy (non-hydrogen) atoms. The minimum Gasteiger partial charge on any atom is -0.325 e. The van der Waals surface area contributed by atoms with Gasteiger partial charge in [-0.2, -0.15) is 0 Å². The number of hydrogen-bond acceptors (Lipinski definition) is 3. The quantitative estimate of drug-likeness (QED) is 0.650. The molecule has 0 unspecified atom stereocenters. The van der Waals surface area contributed by atoms with Crippen LogP contribution in [0.15, 0.2) is 42.5 Å². The van der Waals surface area contributed by atoms with Crippen molar-refractivity contribution in [3.05, 3.63) is 63.1 Å². The van der Waals surface area contributed by atoms with Gasteiger partial charge >= 0.3 is 0 Å². The topological polar surface area (TPSA) is 87.3 Å². The lowest BCUT2D eigenvalue weighted by atomic mass is 10.2. The second-order valence-electron chi connectivity index (χ2n) is 5.19. The van der Waals surface area contributed by atoms with Crippen molar-refractivity contribution in [3.63, 3.8) is 0 Å². The maximum atomic E-state index is 11.9. The Labute approximate surface area is 164 Å². The molecular formula is C17H14Cl3N3O3. The molecule has 0 atom stereocenters. The number of hydrogen-bond donors (Lipinski definition) is 3. The van der Waals surface area contributed by atoms with Crippen molar-refractivity contribution in [1.29, 1.82) is 0 Å². The summed E-state index contributed by atoms with van der Waals surface area (Å²) < 4.78 is 0. The number of hydrazine groups is 1. The number of carbonyl (C=O) groups excluding carboxylic acids is 3. The van der Waals surface area contributed by atoms with E-state index in [2.05, 4.69) is 16.2 Å². The summed E-state index contributed by atoms with van der Waals surface area (Å²) in [6.07, 6.45) is -0.192. The van der Waals surface area contributed by atoms with Crippen LogP contribution >= 0.6 is 34.8 Å². The maximum absolute atomic E-state index is 11.9. The smallest absolute Gasteiger partial charge is 0.269 e. The van der Waals surface area contributed by atoms with Crippen LogP contribution in [0.25, 0.3) is 0 Å². The van der Waals surface area contributed by atoms with E-state index in [9.17, 15) is 14.4 Å². The summed E-state index contributed by atoms with van der Waals surface area (Å²) in [5, 5.41) is 3.59. The largest absolute Gasteiger partial charge is 0.325 e. The van der Waals surface area contributed by atoms with E-state index in [1.54, 1.807) is 24.3 Å². The van der Waals surface area contributed by atoms with Crippen LogP contribution in [-0.4, -0.2) is 17.7 Å². The van der Waals surface area contributed by atoms with E-state index >= 15 is 0 Å². The zero-order chi connectivity index (χ0) is 19.1. The summed E-state index contributed by atoms with van der Waals surface area (Å²) >= 11 is 17.6. The lowest BCUT2D eigenvalue weighted by Crippen LogP contribution is -2.41. The second-order valence-corrected chi connectivity index (χ2v) is 6.47. The van der Waals surface area contributed by atoms with E-state index in [-0.39, 0.29) is 24.3 Å². The van der Waals surface area contributed by atoms with Crippen LogP contribution in [-0.2, 0) is 9.59 Å². The lowest BCUT2D eigenvalue weighted by molar-refractivity contribution is -0.124. The minimum absolute atomic E-state index is 0.0735. The van der Waals surface area contributed by atoms with Gasteiger partial charge in [0.1, 0.15) is 0 Å². The first-order chi connectivity index (χ1) is 12.3. The number of halogens is 3. The molecule has 0 aromatic heterocycles. The van der Waals surface area contributed by atoms with Crippen LogP contribution in [0.3, 0.4) is 0 Å². The Morgan fingerprint density at radius 1 is 0.808 bits per heavy atom. The summed E-state index contributed by atoms with van der Waals surface area (Å²) in [6, 6.07) is 11.1. The van der Waals surface area contributed by atoms with Gasteiger partial charge in [0.05, 0.1) is 10.7 Å². The molecule has 2 aromatic carbocycles. The number of benzene rings is 2. The summed E-state index contributed by atoms with van der Waals surface area (Å²) in [5.74, 6) is -1.48. The van der Waals surface area contributed by atoms with Crippen molar-refractivity contribution < 1.29 is 14.4 Å². The number of anilines is 1. The number of amides is 3. The number of para-hydroxylation sites is 1. The lowest BCUT2D eigenvalue weighted by Gasteiger charge is -2.09. The van der Waals surface area contributed by atoms with E-state index < -0.39 is 11.8 Å². The summed E-state index contributed by atoms with van der Waals surface area (Å²) in [5.41, 5.74) is 5.10. The van der Waals surface area contributed by atoms with Gasteiger partial charge in [-0.05, 0) is 30.3 Å². The highest BCUT2D eigenvalue weighted by molar-refractivity contribution is 6.35. The van der Waals surface area contributed by atoms with Crippen molar-refractivity contribution in [2.45, 2.75) is 12.8 Å². The van der Waals surface area contributed by atoms with Gasteiger partial charge < -0.3 is 5.32 Å². The Morgan fingerprint density at radius 3 is 2.08 bits per heavy atom. The highest BCUT2D eigenvalue weighted by Gasteiger charge is 2.11. The predicted octanol–water partition coefficient (Wildman–Crippen LogP) is 3.83. The Balaban J connectivity index is 1.77. The summed E-state index contributed by atoms with van der Waals surface area (Å²) in [4.78, 5) is 35.5. The van der Waals surface area contributed by atoms with E-state index in [0.717, 1.165) is 0 Å². The van der Waals surface area contributed by atoms with Crippen LogP contribution in [0.2, 0.25) is 15.1 Å². The predicted molar refractivity (Wildman–Crippen MR) is 101 cm³/mol. The van der Waals surface area contributed by atoms with Gasteiger partial charge in [0.15, 0.2) is 0 Å². The molecule has 0 radical (unpaired) electrons. The Hall–Kier alpha value is -2.28. The monoisotopic (exact) mass is 413 g/mol. The fourth-order valence-corrected chi connectivity index (χ4v) is 2.66. The SMILES string of the molecule is O=C(CCC(=O)Nc1ccccc1Cl)NNC(=O)c1cc(Cl)cc(Cl)c1. The van der Waals surface area contributed by atoms with Gasteiger partial charge in [0, 0.05) is 28.5 Å². The molecule has 2 aromatic rings. The summed E-state index contributed by atoms with van der Waals surface area (Å²) in [7, 11) is 0. The van der Waals surface area contributed by atoms with Crippen molar-refractivity contribution in [3.8, 4) is 0 Å². The fourth-order valence-electron chi connectivity index (χ4n) is 1.95. The van der Waals surface area contributed by atoms with Gasteiger partial charge in [-0.3, -0.25) is 25.2 Å². The third-order valence-electron chi connectivity index (χ3n) is 3.17. The molecule has 0 aliphatic heterocycles. The first kappa shape index (κ1) is 20.0. The molecule has 3 N–H and O–H groups in total. The van der Waals surface area contributed by atoms with Crippen LogP contribution in [0.5, 0.6) is 0 Å². The van der Waals surface area contributed by atoms with E-state index in [1.807, 2.05) is 0 Å². The Morgan fingerprint density at radius 2 is 1.42 bits per heavy atom. The molecular weight excluding hydrogens is 401 g/mol. The number of nitrogens with one attached hydrogen (secondary N) is 3. The molecule has 0 fully saturated rings. The first-order valence-electron chi connectivity index (χ1n) is 7.45. The number of rotatable bonds is 5. The van der Waals surface area contributed by atoms with Crippen molar-refractivity contribution in [2.75, 3.05) is 5.32 Å². The van der Waals surface area contributed by atoms with Gasteiger partial charge in [-0.1, -0.05) is 46.9 Å². The molecule has 0 aliphatic carbocycles. The maximum Gasteiger partial charge on any atom is 0.269 e. The molecule has 6 nitrogen and oxygen atoms in total. The molecule has 136 valence electrons. The average molecular weight is 415 g/mol. The highest BCUT2D eigenvalue weighted by atomic mass is 35.5. The van der Waals surface area contributed by atoms with Crippen molar-refractivity contribution in [2.24, 2.45) is 0 Å². The van der Waals surface area contributed by atoms with Crippen molar-refractivity contribution in [1.82, 2.24) is 10.9 Å². The zero-order valence-corrected chi connectivity index (χ0v) is 15.6. The van der Waals surface area contributed by atoms with Gasteiger partial charge in [0.25, 0.3) is 5.91 Å². The van der Waals surface area contributed by atoms with E-state index in [0.29, 0.717) is 20.8 Å². The molecule has 2 rings (SSSR count). The Bertz CT molecular complexity index is 823. The van der Waals surface area contributed by atoms with Crippen LogP contribution in [0.1, 0.15) is 23.2 Å². The van der Waals surface area contributed by atoms with Gasteiger partial charge in [0.2, 0.25) is 11.8 Å². The van der Waals surface area contributed by atoms with E-state index in [1.165, 1.54) is 18.2 Å². The second kappa shape index (κ2) is 9.43. The third kappa shape index (κ3) is 6.22. The molecule has 0 aliphatic rings. The molecule has 0 heterocycles. The highest BCUT2D eigenvalue weighted by Crippen LogP contribution is 2.20. The van der Waals surface area contributed by atoms with Crippen molar-refractivity contribution >= 4 is 58.2 Å². The average Bonchev–Trinajstić information content (AvgIpc) is 2.59.